The molecule has 0 bridgehead atoms. The van der Waals surface area contributed by atoms with Gasteiger partial charge in [-0.2, -0.15) is 9.78 Å². The summed E-state index contributed by atoms with van der Waals surface area (Å²) in [6.07, 6.45) is 0. The summed E-state index contributed by atoms with van der Waals surface area (Å²) in [7, 11) is 2.98. The number of benzene rings is 2. The number of carbonyl (C=O) groups excluding carboxylic acids is 1. The Kier molecular flexibility index (Phi) is 5.16. The van der Waals surface area contributed by atoms with Gasteiger partial charge in [-0.15, -0.1) is 0 Å². The topological polar surface area (TPSA) is 67.2 Å². The van der Waals surface area contributed by atoms with Crippen LogP contribution in [-0.2, 0) is 0 Å². The van der Waals surface area contributed by atoms with Gasteiger partial charge in [-0.25, -0.2) is 13.2 Å². The number of hydrogen-bond donors (Lipinski definition) is 1. The van der Waals surface area contributed by atoms with Gasteiger partial charge in [0.25, 0.3) is 11.5 Å². The molecule has 6 nitrogen and oxygen atoms in total. The highest BCUT2D eigenvalue weighted by molar-refractivity contribution is 6.02. The van der Waals surface area contributed by atoms with Crippen LogP contribution in [0, 0.1) is 17.5 Å². The van der Waals surface area contributed by atoms with E-state index in [0.29, 0.717) is 0 Å². The Bertz CT molecular complexity index is 1070. The van der Waals surface area contributed by atoms with Crippen LogP contribution >= 0.6 is 0 Å². The molecule has 1 N–H and O–H groups in total. The van der Waals surface area contributed by atoms with Gasteiger partial charge in [-0.05, 0) is 42.5 Å². The molecule has 3 rings (SSSR count). The van der Waals surface area contributed by atoms with E-state index in [1.54, 1.807) is 0 Å². The van der Waals surface area contributed by atoms with E-state index in [2.05, 4.69) is 10.4 Å². The average Bonchev–Trinajstić information content (AvgIpc) is 2.62. The van der Waals surface area contributed by atoms with Crippen molar-refractivity contribution in [1.82, 2.24) is 9.78 Å². The van der Waals surface area contributed by atoms with E-state index in [4.69, 9.17) is 0 Å². The summed E-state index contributed by atoms with van der Waals surface area (Å²) >= 11 is 0. The van der Waals surface area contributed by atoms with E-state index in [0.717, 1.165) is 35.0 Å². The van der Waals surface area contributed by atoms with Crippen molar-refractivity contribution in [2.45, 2.75) is 0 Å². The van der Waals surface area contributed by atoms with Crippen molar-refractivity contribution >= 4 is 17.3 Å². The molecule has 0 saturated carbocycles. The van der Waals surface area contributed by atoms with Gasteiger partial charge in [0.15, 0.2) is 11.6 Å². The summed E-state index contributed by atoms with van der Waals surface area (Å²) in [6, 6.07) is 9.20. The van der Waals surface area contributed by atoms with E-state index in [1.807, 2.05) is 0 Å². The molecule has 0 radical (unpaired) electrons. The zero-order chi connectivity index (χ0) is 20.4. The number of hydrogen-bond acceptors (Lipinski definition) is 4. The summed E-state index contributed by atoms with van der Waals surface area (Å²) in [4.78, 5) is 25.7. The smallest absolute Gasteiger partial charge is 0.276 e. The van der Waals surface area contributed by atoms with Crippen LogP contribution < -0.4 is 15.8 Å². The minimum absolute atomic E-state index is 0.105. The molecule has 0 saturated heterocycles. The fourth-order valence-corrected chi connectivity index (χ4v) is 2.56. The van der Waals surface area contributed by atoms with Gasteiger partial charge in [-0.3, -0.25) is 9.59 Å². The van der Waals surface area contributed by atoms with Gasteiger partial charge in [0.2, 0.25) is 0 Å². The van der Waals surface area contributed by atoms with E-state index in [1.165, 1.54) is 37.2 Å². The predicted molar refractivity (Wildman–Crippen MR) is 98.4 cm³/mol. The molecule has 9 heteroatoms. The van der Waals surface area contributed by atoms with Crippen LogP contribution in [0.1, 0.15) is 10.5 Å². The highest BCUT2D eigenvalue weighted by Gasteiger charge is 2.16. The molecule has 2 aromatic carbocycles. The summed E-state index contributed by atoms with van der Waals surface area (Å²) in [5, 5.41) is 6.27. The zero-order valence-electron chi connectivity index (χ0n) is 14.9. The van der Waals surface area contributed by atoms with E-state index >= 15 is 0 Å². The third-order valence-corrected chi connectivity index (χ3v) is 3.83. The van der Waals surface area contributed by atoms with Crippen molar-refractivity contribution in [1.29, 1.82) is 0 Å². The maximum absolute atomic E-state index is 14.1. The van der Waals surface area contributed by atoms with Crippen molar-refractivity contribution in [2.24, 2.45) is 0 Å². The third kappa shape index (κ3) is 3.88. The predicted octanol–water partition coefficient (Wildman–Crippen LogP) is 2.97. The molecule has 0 aliphatic carbocycles. The largest absolute Gasteiger partial charge is 0.373 e. The van der Waals surface area contributed by atoms with Crippen LogP contribution in [0.15, 0.2) is 53.3 Å². The van der Waals surface area contributed by atoms with Crippen molar-refractivity contribution < 1.29 is 18.0 Å². The lowest BCUT2D eigenvalue weighted by Crippen LogP contribution is -2.25. The quantitative estimate of drug-likeness (QED) is 0.746. The third-order valence-electron chi connectivity index (χ3n) is 3.83. The summed E-state index contributed by atoms with van der Waals surface area (Å²) in [5.41, 5.74) is -0.779. The first-order valence-electron chi connectivity index (χ1n) is 8.10. The first-order chi connectivity index (χ1) is 13.3. The number of anilines is 2. The molecule has 0 atom stereocenters. The Hall–Kier alpha value is -3.62. The number of carbonyl (C=O) groups is 1. The van der Waals surface area contributed by atoms with Gasteiger partial charge in [-0.1, -0.05) is 0 Å². The average molecular weight is 388 g/mol. The fourth-order valence-electron chi connectivity index (χ4n) is 2.56. The van der Waals surface area contributed by atoms with Gasteiger partial charge in [0.05, 0.1) is 5.69 Å². The first kappa shape index (κ1) is 19.2. The van der Waals surface area contributed by atoms with Gasteiger partial charge < -0.3 is 10.2 Å². The second-order valence-corrected chi connectivity index (χ2v) is 6.08. The van der Waals surface area contributed by atoms with Crippen molar-refractivity contribution in [3.63, 3.8) is 0 Å². The molecule has 1 aromatic heterocycles. The molecule has 3 aromatic rings. The molecule has 0 fully saturated rings. The fraction of sp³-hybridized carbons (Fsp3) is 0.105. The Morgan fingerprint density at radius 2 is 1.61 bits per heavy atom. The monoisotopic (exact) mass is 388 g/mol. The Morgan fingerprint density at radius 1 is 1.00 bits per heavy atom. The molecule has 0 spiro atoms. The molecule has 1 heterocycles. The van der Waals surface area contributed by atoms with Crippen molar-refractivity contribution in [3.8, 4) is 5.69 Å². The maximum Gasteiger partial charge on any atom is 0.276 e. The van der Waals surface area contributed by atoms with Crippen LogP contribution in [0.5, 0.6) is 0 Å². The first-order valence-corrected chi connectivity index (χ1v) is 8.10. The van der Waals surface area contributed by atoms with Gasteiger partial charge in [0, 0.05) is 25.8 Å². The molecule has 0 aliphatic rings. The zero-order valence-corrected chi connectivity index (χ0v) is 14.9. The Morgan fingerprint density at radius 3 is 2.18 bits per heavy atom. The lowest BCUT2D eigenvalue weighted by molar-refractivity contribution is 0.102. The van der Waals surface area contributed by atoms with Gasteiger partial charge >= 0.3 is 0 Å². The Balaban J connectivity index is 1.91. The summed E-state index contributed by atoms with van der Waals surface area (Å²) in [5.74, 6) is -2.95. The molecule has 0 unspecified atom stereocenters. The minimum atomic E-state index is -0.843. The van der Waals surface area contributed by atoms with E-state index < -0.39 is 28.9 Å². The summed E-state index contributed by atoms with van der Waals surface area (Å²) in [6.45, 7) is 0. The number of aromatic nitrogens is 2. The lowest BCUT2D eigenvalue weighted by Gasteiger charge is -2.16. The van der Waals surface area contributed by atoms with Crippen LogP contribution in [0.25, 0.3) is 5.69 Å². The summed E-state index contributed by atoms with van der Waals surface area (Å²) < 4.78 is 42.1. The normalized spacial score (nSPS) is 10.6. The van der Waals surface area contributed by atoms with E-state index in [9.17, 15) is 22.8 Å². The van der Waals surface area contributed by atoms with Crippen LogP contribution in [0.3, 0.4) is 0 Å². The Labute approximate surface area is 157 Å². The number of halogens is 3. The number of amides is 1. The molecular formula is C19H15F3N4O2. The van der Waals surface area contributed by atoms with Crippen LogP contribution in [0.4, 0.5) is 24.5 Å². The highest BCUT2D eigenvalue weighted by atomic mass is 19.1. The lowest BCUT2D eigenvalue weighted by atomic mass is 10.2. The molecule has 144 valence electrons. The van der Waals surface area contributed by atoms with Crippen molar-refractivity contribution in [3.05, 3.63) is 82.0 Å². The second-order valence-electron chi connectivity index (χ2n) is 6.08. The van der Waals surface area contributed by atoms with E-state index in [-0.39, 0.29) is 22.8 Å². The molecule has 28 heavy (non-hydrogen) atoms. The maximum atomic E-state index is 14.1. The van der Waals surface area contributed by atoms with Crippen LogP contribution in [0.2, 0.25) is 0 Å². The molecular weight excluding hydrogens is 373 g/mol. The SMILES string of the molecule is CN(C)c1c(F)cc(NC(=O)c2ccc(=O)n(-c3ccc(F)cc3)n2)cc1F. The number of rotatable bonds is 4. The van der Waals surface area contributed by atoms with Crippen LogP contribution in [-0.4, -0.2) is 29.8 Å². The standard InChI is InChI=1S/C19H15F3N4O2/c1-25(2)18-14(21)9-12(10-15(18)22)23-19(28)16-7-8-17(27)26(24-16)13-5-3-11(20)4-6-13/h3-10H,1-2H3,(H,23,28). The molecule has 1 amide bonds. The van der Waals surface area contributed by atoms with Crippen molar-refractivity contribution in [2.75, 3.05) is 24.3 Å². The highest BCUT2D eigenvalue weighted by Crippen LogP contribution is 2.25. The second kappa shape index (κ2) is 7.55. The number of nitrogens with one attached hydrogen (secondary N) is 1. The molecule has 0 aliphatic heterocycles. The number of nitrogens with zero attached hydrogens (tertiary/aromatic N) is 3. The minimum Gasteiger partial charge on any atom is -0.373 e. The van der Waals surface area contributed by atoms with Gasteiger partial charge in [0.1, 0.15) is 17.2 Å².